The molecule has 1 aromatic rings. The predicted octanol–water partition coefficient (Wildman–Crippen LogP) is 2.86. The summed E-state index contributed by atoms with van der Waals surface area (Å²) in [6.07, 6.45) is 2.66. The number of nitrogens with zero attached hydrogens (tertiary/aromatic N) is 1. The van der Waals surface area contributed by atoms with Crippen molar-refractivity contribution >= 4 is 6.09 Å². The number of amides is 1. The maximum atomic E-state index is 12.5. The molecule has 3 atom stereocenters. The topological polar surface area (TPSA) is 59.0 Å². The summed E-state index contributed by atoms with van der Waals surface area (Å²) < 4.78 is 10.8. The first-order valence-corrected chi connectivity index (χ1v) is 7.70. The number of carbonyl (C=O) groups is 1. The molecular weight excluding hydrogens is 294 g/mol. The van der Waals surface area contributed by atoms with E-state index in [9.17, 15) is 9.90 Å². The van der Waals surface area contributed by atoms with Crippen molar-refractivity contribution < 1.29 is 19.4 Å². The smallest absolute Gasteiger partial charge is 0.410 e. The highest BCUT2D eigenvalue weighted by molar-refractivity contribution is 5.68. The van der Waals surface area contributed by atoms with Crippen LogP contribution in [0.5, 0.6) is 0 Å². The molecule has 5 nitrogen and oxygen atoms in total. The van der Waals surface area contributed by atoms with Gasteiger partial charge in [0.2, 0.25) is 0 Å². The fourth-order valence-electron chi connectivity index (χ4n) is 2.65. The molecule has 2 rings (SSSR count). The lowest BCUT2D eigenvalue weighted by atomic mass is 10.00. The highest BCUT2D eigenvalue weighted by atomic mass is 16.6. The van der Waals surface area contributed by atoms with Crippen LogP contribution in [-0.4, -0.2) is 41.1 Å². The Bertz CT molecular complexity index is 531. The molecule has 5 heteroatoms. The molecule has 0 aromatic heterocycles. The first-order valence-electron chi connectivity index (χ1n) is 7.70. The third-order valence-corrected chi connectivity index (χ3v) is 3.80. The number of carbonyl (C=O) groups excluding carboxylic acids is 1. The lowest BCUT2D eigenvalue weighted by molar-refractivity contribution is -0.169. The summed E-state index contributed by atoms with van der Waals surface area (Å²) in [5.74, 6) is 0. The van der Waals surface area contributed by atoms with E-state index in [2.05, 4.69) is 13.2 Å². The average Bonchev–Trinajstić information content (AvgIpc) is 2.58. The van der Waals surface area contributed by atoms with Crippen molar-refractivity contribution in [1.29, 1.82) is 0 Å². The zero-order valence-corrected chi connectivity index (χ0v) is 13.1. The van der Waals surface area contributed by atoms with Gasteiger partial charge >= 0.3 is 6.09 Å². The van der Waals surface area contributed by atoms with E-state index in [-0.39, 0.29) is 12.6 Å². The zero-order valence-electron chi connectivity index (χ0n) is 13.1. The molecule has 1 unspecified atom stereocenters. The van der Waals surface area contributed by atoms with Gasteiger partial charge in [-0.15, -0.1) is 13.2 Å². The van der Waals surface area contributed by atoms with Gasteiger partial charge in [-0.05, 0) is 12.0 Å². The lowest BCUT2D eigenvalue weighted by Gasteiger charge is -2.39. The summed E-state index contributed by atoms with van der Waals surface area (Å²) >= 11 is 0. The van der Waals surface area contributed by atoms with Crippen molar-refractivity contribution in [3.8, 4) is 0 Å². The van der Waals surface area contributed by atoms with Gasteiger partial charge in [0.25, 0.3) is 0 Å². The Kier molecular flexibility index (Phi) is 6.38. The van der Waals surface area contributed by atoms with Gasteiger partial charge in [0.15, 0.2) is 6.29 Å². The van der Waals surface area contributed by atoms with Crippen LogP contribution in [0.3, 0.4) is 0 Å². The van der Waals surface area contributed by atoms with E-state index >= 15 is 0 Å². The molecular formula is C18H23NO4. The van der Waals surface area contributed by atoms with Crippen molar-refractivity contribution in [3.63, 3.8) is 0 Å². The van der Waals surface area contributed by atoms with E-state index < -0.39 is 18.5 Å². The molecule has 1 aliphatic heterocycles. The van der Waals surface area contributed by atoms with Crippen LogP contribution in [-0.2, 0) is 16.1 Å². The number of hydrogen-bond donors (Lipinski definition) is 1. The third-order valence-electron chi connectivity index (χ3n) is 3.80. The van der Waals surface area contributed by atoms with E-state index in [0.29, 0.717) is 19.4 Å². The van der Waals surface area contributed by atoms with E-state index in [1.165, 1.54) is 0 Å². The molecule has 1 amide bonds. The standard InChI is InChI=1S/C18H23NO4/c1-3-12-19(15-10-11-17(20)23-16(15)4-2)18(21)22-13-14-8-6-5-7-9-14/h3-9,15-17,20H,1-2,10-13H2/t15-,16+,17?/m1/s1. The van der Waals surface area contributed by atoms with Crippen LogP contribution in [0.25, 0.3) is 0 Å². The fourth-order valence-corrected chi connectivity index (χ4v) is 2.65. The first-order chi connectivity index (χ1) is 11.2. The summed E-state index contributed by atoms with van der Waals surface area (Å²) in [6, 6.07) is 9.28. The van der Waals surface area contributed by atoms with Gasteiger partial charge in [-0.2, -0.15) is 0 Å². The summed E-state index contributed by atoms with van der Waals surface area (Å²) in [5.41, 5.74) is 0.926. The quantitative estimate of drug-likeness (QED) is 0.820. The monoisotopic (exact) mass is 317 g/mol. The van der Waals surface area contributed by atoms with Crippen molar-refractivity contribution in [3.05, 3.63) is 61.2 Å². The van der Waals surface area contributed by atoms with Gasteiger partial charge in [0.1, 0.15) is 6.61 Å². The van der Waals surface area contributed by atoms with Gasteiger partial charge in [-0.25, -0.2) is 4.79 Å². The first kappa shape index (κ1) is 17.2. The molecule has 1 heterocycles. The molecule has 1 aliphatic rings. The second kappa shape index (κ2) is 8.50. The molecule has 0 saturated carbocycles. The summed E-state index contributed by atoms with van der Waals surface area (Å²) in [5, 5.41) is 9.61. The molecule has 0 bridgehead atoms. The number of rotatable bonds is 6. The van der Waals surface area contributed by atoms with Crippen LogP contribution >= 0.6 is 0 Å². The molecule has 1 N–H and O–H groups in total. The number of hydrogen-bond acceptors (Lipinski definition) is 4. The van der Waals surface area contributed by atoms with Crippen molar-refractivity contribution in [2.45, 2.75) is 37.9 Å². The number of aliphatic hydroxyl groups is 1. The Labute approximate surface area is 136 Å². The van der Waals surface area contributed by atoms with Crippen molar-refractivity contribution in [2.24, 2.45) is 0 Å². The zero-order chi connectivity index (χ0) is 16.7. The molecule has 0 aliphatic carbocycles. The lowest BCUT2D eigenvalue weighted by Crippen LogP contribution is -2.51. The van der Waals surface area contributed by atoms with Crippen LogP contribution < -0.4 is 0 Å². The third kappa shape index (κ3) is 4.68. The van der Waals surface area contributed by atoms with Crippen LogP contribution in [0.4, 0.5) is 4.79 Å². The maximum Gasteiger partial charge on any atom is 0.410 e. The summed E-state index contributed by atoms with van der Waals surface area (Å²) in [7, 11) is 0. The van der Waals surface area contributed by atoms with Crippen LogP contribution in [0, 0.1) is 0 Å². The Balaban J connectivity index is 2.02. The molecule has 1 aromatic carbocycles. The normalized spacial score (nSPS) is 23.8. The van der Waals surface area contributed by atoms with Crippen LogP contribution in [0.15, 0.2) is 55.6 Å². The van der Waals surface area contributed by atoms with Crippen LogP contribution in [0.2, 0.25) is 0 Å². The van der Waals surface area contributed by atoms with Crippen molar-refractivity contribution in [2.75, 3.05) is 6.54 Å². The number of ether oxygens (including phenoxy) is 2. The molecule has 124 valence electrons. The Morgan fingerprint density at radius 2 is 2.09 bits per heavy atom. The van der Waals surface area contributed by atoms with E-state index in [1.54, 1.807) is 17.1 Å². The van der Waals surface area contributed by atoms with E-state index in [4.69, 9.17) is 9.47 Å². The summed E-state index contributed by atoms with van der Waals surface area (Å²) in [4.78, 5) is 14.0. The SMILES string of the molecule is C=CCN(C(=O)OCc1ccccc1)[C@@H]1CCC(O)O[C@H]1C=C. The van der Waals surface area contributed by atoms with Crippen molar-refractivity contribution in [1.82, 2.24) is 4.90 Å². The molecule has 1 saturated heterocycles. The minimum absolute atomic E-state index is 0.211. The molecule has 0 spiro atoms. The van der Waals surface area contributed by atoms with E-state index in [0.717, 1.165) is 5.56 Å². The second-order valence-corrected chi connectivity index (χ2v) is 5.42. The second-order valence-electron chi connectivity index (χ2n) is 5.42. The molecule has 0 radical (unpaired) electrons. The van der Waals surface area contributed by atoms with Gasteiger partial charge in [0, 0.05) is 13.0 Å². The predicted molar refractivity (Wildman–Crippen MR) is 87.6 cm³/mol. The molecule has 1 fully saturated rings. The minimum atomic E-state index is -0.819. The largest absolute Gasteiger partial charge is 0.445 e. The Morgan fingerprint density at radius 1 is 1.35 bits per heavy atom. The van der Waals surface area contributed by atoms with Crippen LogP contribution in [0.1, 0.15) is 18.4 Å². The number of benzene rings is 1. The van der Waals surface area contributed by atoms with Gasteiger partial charge in [0.05, 0.1) is 12.1 Å². The van der Waals surface area contributed by atoms with E-state index in [1.807, 2.05) is 30.3 Å². The Hall–Kier alpha value is -2.11. The fraction of sp³-hybridized carbons (Fsp3) is 0.389. The van der Waals surface area contributed by atoms with Gasteiger partial charge < -0.3 is 14.6 Å². The highest BCUT2D eigenvalue weighted by Crippen LogP contribution is 2.24. The van der Waals surface area contributed by atoms with Gasteiger partial charge in [-0.1, -0.05) is 42.5 Å². The molecule has 23 heavy (non-hydrogen) atoms. The minimum Gasteiger partial charge on any atom is -0.445 e. The average molecular weight is 317 g/mol. The summed E-state index contributed by atoms with van der Waals surface area (Å²) in [6.45, 7) is 7.98. The maximum absolute atomic E-state index is 12.5. The van der Waals surface area contributed by atoms with Gasteiger partial charge in [-0.3, -0.25) is 4.90 Å². The highest BCUT2D eigenvalue weighted by Gasteiger charge is 2.35. The number of aliphatic hydroxyl groups excluding tert-OH is 1. The Morgan fingerprint density at radius 3 is 2.74 bits per heavy atom.